The van der Waals surface area contributed by atoms with E-state index in [1.807, 2.05) is 32.2 Å². The molecule has 3 aromatic carbocycles. The van der Waals surface area contributed by atoms with Crippen molar-refractivity contribution in [3.63, 3.8) is 0 Å². The van der Waals surface area contributed by atoms with Crippen molar-refractivity contribution in [2.45, 2.75) is 52.3 Å². The highest BCUT2D eigenvalue weighted by Gasteiger charge is 2.24. The Balaban J connectivity index is 1.49. The molecule has 192 valence electrons. The predicted octanol–water partition coefficient (Wildman–Crippen LogP) is 5.74. The molecule has 1 N–H and O–H groups in total. The number of aliphatic carboxylic acids is 1. The lowest BCUT2D eigenvalue weighted by Crippen LogP contribution is -2.30. The van der Waals surface area contributed by atoms with Gasteiger partial charge in [-0.15, -0.1) is 5.10 Å². The molecule has 7 nitrogen and oxygen atoms in total. The largest absolute Gasteiger partial charge is 0.489 e. The van der Waals surface area contributed by atoms with Gasteiger partial charge in [0.2, 0.25) is 0 Å². The van der Waals surface area contributed by atoms with Gasteiger partial charge in [0.05, 0.1) is 11.9 Å². The first kappa shape index (κ1) is 25.4. The maximum atomic E-state index is 12.0. The number of hydrogen-bond acceptors (Lipinski definition) is 5. The first-order chi connectivity index (χ1) is 17.7. The quantitative estimate of drug-likeness (QED) is 0.323. The van der Waals surface area contributed by atoms with E-state index in [0.29, 0.717) is 0 Å². The average molecular weight is 563 g/mol. The van der Waals surface area contributed by atoms with E-state index in [4.69, 9.17) is 4.74 Å². The van der Waals surface area contributed by atoms with Gasteiger partial charge in [-0.05, 0) is 66.8 Å². The zero-order chi connectivity index (χ0) is 26.3. The number of carbonyl (C=O) groups is 1. The number of rotatable bonds is 6. The van der Waals surface area contributed by atoms with Crippen LogP contribution in [0, 0.1) is 13.8 Å². The van der Waals surface area contributed by atoms with Crippen LogP contribution >= 0.6 is 15.9 Å². The minimum Gasteiger partial charge on any atom is -0.489 e. The maximum absolute atomic E-state index is 12.0. The van der Waals surface area contributed by atoms with Crippen molar-refractivity contribution in [3.05, 3.63) is 86.4 Å². The summed E-state index contributed by atoms with van der Waals surface area (Å²) in [5, 5.41) is 18.3. The number of carboxylic acid groups (broad SMARTS) is 1. The summed E-state index contributed by atoms with van der Waals surface area (Å²) in [6.07, 6.45) is 0.0616. The number of fused-ring (bicyclic) bond motifs is 2. The molecule has 5 rings (SSSR count). The van der Waals surface area contributed by atoms with Crippen LogP contribution in [0.2, 0.25) is 0 Å². The summed E-state index contributed by atoms with van der Waals surface area (Å²) in [7, 11) is 1.86. The fourth-order valence-corrected chi connectivity index (χ4v) is 5.68. The van der Waals surface area contributed by atoms with E-state index < -0.39 is 5.97 Å². The molecular formula is C29H31BrN4O3. The molecule has 1 aliphatic rings. The van der Waals surface area contributed by atoms with Crippen molar-refractivity contribution in [2.75, 3.05) is 6.54 Å². The summed E-state index contributed by atoms with van der Waals surface area (Å²) in [4.78, 5) is 14.4. The molecule has 2 atom stereocenters. The Kier molecular flexibility index (Phi) is 7.05. The van der Waals surface area contributed by atoms with Gasteiger partial charge >= 0.3 is 5.97 Å². The van der Waals surface area contributed by atoms with E-state index >= 15 is 0 Å². The summed E-state index contributed by atoms with van der Waals surface area (Å²) >= 11 is 3.55. The van der Waals surface area contributed by atoms with Gasteiger partial charge in [-0.3, -0.25) is 9.69 Å². The molecule has 0 spiro atoms. The molecule has 1 aliphatic heterocycles. The number of carboxylic acids is 1. The van der Waals surface area contributed by atoms with E-state index in [1.54, 1.807) is 4.68 Å². The van der Waals surface area contributed by atoms with Crippen molar-refractivity contribution in [2.24, 2.45) is 7.05 Å². The first-order valence-electron chi connectivity index (χ1n) is 12.5. The van der Waals surface area contributed by atoms with Crippen molar-refractivity contribution in [1.82, 2.24) is 19.9 Å². The standard InChI is InChI=1S/C29H31BrN4O3/c1-17-5-6-20(25(13-28(35)36)24-9-10-26-29(19(24)3)31-32-33(26)4)11-22(17)16-34-14-18(2)37-27-12-23(30)8-7-21(27)15-34/h5-12,18,25H,13-16H2,1-4H3,(H,35,36). The summed E-state index contributed by atoms with van der Waals surface area (Å²) in [6, 6.07) is 16.6. The summed E-state index contributed by atoms with van der Waals surface area (Å²) in [6.45, 7) is 8.57. The van der Waals surface area contributed by atoms with E-state index in [0.717, 1.165) is 63.1 Å². The van der Waals surface area contributed by atoms with Gasteiger partial charge in [-0.1, -0.05) is 51.5 Å². The topological polar surface area (TPSA) is 80.5 Å². The smallest absolute Gasteiger partial charge is 0.304 e. The second-order valence-corrected chi connectivity index (χ2v) is 11.0. The lowest BCUT2D eigenvalue weighted by molar-refractivity contribution is -0.137. The number of aryl methyl sites for hydroxylation is 3. The van der Waals surface area contributed by atoms with Gasteiger partial charge in [0.25, 0.3) is 0 Å². The van der Waals surface area contributed by atoms with Gasteiger partial charge in [0.1, 0.15) is 17.4 Å². The number of halogens is 1. The normalized spacial score (nSPS) is 16.7. The highest BCUT2D eigenvalue weighted by atomic mass is 79.9. The summed E-state index contributed by atoms with van der Waals surface area (Å²) in [5.41, 5.74) is 8.24. The molecule has 37 heavy (non-hydrogen) atoms. The third kappa shape index (κ3) is 5.26. The fraction of sp³-hybridized carbons (Fsp3) is 0.345. The average Bonchev–Trinajstić information content (AvgIpc) is 3.14. The predicted molar refractivity (Wildman–Crippen MR) is 147 cm³/mol. The van der Waals surface area contributed by atoms with Gasteiger partial charge in [-0.2, -0.15) is 0 Å². The SMILES string of the molecule is Cc1ccc(C(CC(=O)O)c2ccc3c(nnn3C)c2C)cc1CN1Cc2ccc(Br)cc2OC(C)C1. The number of benzene rings is 3. The Labute approximate surface area is 225 Å². The van der Waals surface area contributed by atoms with Crippen molar-refractivity contribution < 1.29 is 14.6 Å². The van der Waals surface area contributed by atoms with Gasteiger partial charge < -0.3 is 9.84 Å². The zero-order valence-electron chi connectivity index (χ0n) is 21.5. The molecule has 4 aromatic rings. The van der Waals surface area contributed by atoms with Crippen LogP contribution in [0.1, 0.15) is 52.6 Å². The van der Waals surface area contributed by atoms with Crippen molar-refractivity contribution in [3.8, 4) is 5.75 Å². The molecule has 8 heteroatoms. The lowest BCUT2D eigenvalue weighted by atomic mass is 9.84. The van der Waals surface area contributed by atoms with E-state index in [9.17, 15) is 9.90 Å². The molecule has 0 aliphatic carbocycles. The fourth-order valence-electron chi connectivity index (χ4n) is 5.34. The Bertz CT molecular complexity index is 1480. The van der Waals surface area contributed by atoms with Gasteiger partial charge in [0, 0.05) is 42.6 Å². The van der Waals surface area contributed by atoms with Crippen molar-refractivity contribution in [1.29, 1.82) is 0 Å². The van der Waals surface area contributed by atoms with Gasteiger partial charge in [-0.25, -0.2) is 4.68 Å². The number of nitrogens with zero attached hydrogens (tertiary/aromatic N) is 4. The van der Waals surface area contributed by atoms with E-state index in [1.165, 1.54) is 11.1 Å². The second kappa shape index (κ2) is 10.3. The van der Waals surface area contributed by atoms with Crippen LogP contribution in [0.4, 0.5) is 0 Å². The molecule has 0 saturated heterocycles. The monoisotopic (exact) mass is 562 g/mol. The zero-order valence-corrected chi connectivity index (χ0v) is 23.1. The van der Waals surface area contributed by atoms with Crippen molar-refractivity contribution >= 4 is 32.9 Å². The van der Waals surface area contributed by atoms with Crippen LogP contribution in [-0.4, -0.2) is 43.6 Å². The molecule has 0 radical (unpaired) electrons. The van der Waals surface area contributed by atoms with E-state index in [-0.39, 0.29) is 18.4 Å². The van der Waals surface area contributed by atoms with Crippen LogP contribution in [0.5, 0.6) is 5.75 Å². The third-order valence-corrected chi connectivity index (χ3v) is 7.76. The number of ether oxygens (including phenoxy) is 1. The molecule has 2 unspecified atom stereocenters. The Morgan fingerprint density at radius 1 is 1.19 bits per heavy atom. The minimum absolute atomic E-state index is 0.00590. The van der Waals surface area contributed by atoms with Crippen LogP contribution in [0.25, 0.3) is 11.0 Å². The van der Waals surface area contributed by atoms with Gasteiger partial charge in [0.15, 0.2) is 0 Å². The first-order valence-corrected chi connectivity index (χ1v) is 13.3. The summed E-state index contributed by atoms with van der Waals surface area (Å²) < 4.78 is 8.95. The second-order valence-electron chi connectivity index (χ2n) is 10.0. The van der Waals surface area contributed by atoms with Crippen LogP contribution in [-0.2, 0) is 24.9 Å². The number of aromatic nitrogens is 3. The third-order valence-electron chi connectivity index (χ3n) is 7.27. The van der Waals surface area contributed by atoms with Crippen LogP contribution in [0.15, 0.2) is 53.0 Å². The van der Waals surface area contributed by atoms with E-state index in [2.05, 4.69) is 75.3 Å². The minimum atomic E-state index is -0.827. The highest BCUT2D eigenvalue weighted by Crippen LogP contribution is 2.35. The molecule has 0 bridgehead atoms. The Morgan fingerprint density at radius 2 is 2.00 bits per heavy atom. The number of hydrogen-bond donors (Lipinski definition) is 1. The summed E-state index contributed by atoms with van der Waals surface area (Å²) in [5.74, 6) is -0.189. The maximum Gasteiger partial charge on any atom is 0.304 e. The van der Waals surface area contributed by atoms with Crippen LogP contribution < -0.4 is 4.74 Å². The Morgan fingerprint density at radius 3 is 2.78 bits per heavy atom. The van der Waals surface area contributed by atoms with Crippen LogP contribution in [0.3, 0.4) is 0 Å². The highest BCUT2D eigenvalue weighted by molar-refractivity contribution is 9.10. The molecule has 0 saturated carbocycles. The molecule has 0 fully saturated rings. The lowest BCUT2D eigenvalue weighted by Gasteiger charge is -2.24. The molecular weight excluding hydrogens is 532 g/mol. The molecule has 2 heterocycles. The Hall–Kier alpha value is -3.23. The molecule has 0 amide bonds. The molecule has 1 aromatic heterocycles.